The second-order valence-electron chi connectivity index (χ2n) is 5.14. The van der Waals surface area contributed by atoms with Crippen molar-refractivity contribution in [2.24, 2.45) is 0 Å². The summed E-state index contributed by atoms with van der Waals surface area (Å²) in [5.41, 5.74) is 6.54. The number of nitrogen functional groups attached to an aromatic ring is 1. The summed E-state index contributed by atoms with van der Waals surface area (Å²) < 4.78 is 0. The molecule has 0 aliphatic carbocycles. The minimum atomic E-state index is -0.761. The third kappa shape index (κ3) is 2.72. The van der Waals surface area contributed by atoms with Crippen molar-refractivity contribution in [2.75, 3.05) is 12.3 Å². The van der Waals surface area contributed by atoms with Gasteiger partial charge in [-0.3, -0.25) is 19.8 Å². The molecule has 0 atom stereocenters. The number of nitrogens with two attached hydrogens (primary N) is 1. The van der Waals surface area contributed by atoms with Crippen LogP contribution in [-0.4, -0.2) is 28.8 Å². The minimum Gasteiger partial charge on any atom is -0.398 e. The highest BCUT2D eigenvalue weighted by Crippen LogP contribution is 2.25. The smallest absolute Gasteiger partial charge is 0.246 e. The minimum absolute atomic E-state index is 0.157. The molecule has 6 heteroatoms. The van der Waals surface area contributed by atoms with Crippen LogP contribution in [0.5, 0.6) is 0 Å². The summed E-state index contributed by atoms with van der Waals surface area (Å²) >= 11 is 5.94. The summed E-state index contributed by atoms with van der Waals surface area (Å²) in [6, 6.07) is 5.18. The molecule has 0 aromatic heterocycles. The number of nitrogens with zero attached hydrogens (tertiary/aromatic N) is 1. The van der Waals surface area contributed by atoms with E-state index in [1.54, 1.807) is 36.9 Å². The van der Waals surface area contributed by atoms with Gasteiger partial charge >= 0.3 is 0 Å². The topological polar surface area (TPSA) is 75.4 Å². The third-order valence-corrected chi connectivity index (χ3v) is 3.63. The summed E-state index contributed by atoms with van der Waals surface area (Å²) in [5.74, 6) is -0.603. The Labute approximate surface area is 116 Å². The van der Waals surface area contributed by atoms with Crippen LogP contribution in [0.2, 0.25) is 5.02 Å². The maximum Gasteiger partial charge on any atom is 0.246 e. The molecule has 1 aliphatic rings. The van der Waals surface area contributed by atoms with Crippen LogP contribution in [-0.2, 0) is 16.1 Å². The van der Waals surface area contributed by atoms with E-state index in [1.807, 2.05) is 0 Å². The summed E-state index contributed by atoms with van der Waals surface area (Å²) in [6.45, 7) is 4.11. The lowest BCUT2D eigenvalue weighted by molar-refractivity contribution is -0.145. The highest BCUT2D eigenvalue weighted by molar-refractivity contribution is 6.30. The second-order valence-corrected chi connectivity index (χ2v) is 5.57. The average molecular weight is 282 g/mol. The molecule has 1 heterocycles. The Kier molecular flexibility index (Phi) is 3.52. The van der Waals surface area contributed by atoms with Crippen LogP contribution in [0.25, 0.3) is 0 Å². The molecule has 102 valence electrons. The van der Waals surface area contributed by atoms with Gasteiger partial charge in [-0.15, -0.1) is 0 Å². The first-order valence-electron chi connectivity index (χ1n) is 5.94. The SMILES string of the molecule is CC1(C)C(=O)NC(=O)CN1Cc1cc(Cl)ccc1N. The van der Waals surface area contributed by atoms with Crippen molar-refractivity contribution in [3.8, 4) is 0 Å². The zero-order chi connectivity index (χ0) is 14.2. The highest BCUT2D eigenvalue weighted by Gasteiger charge is 2.40. The van der Waals surface area contributed by atoms with Crippen molar-refractivity contribution < 1.29 is 9.59 Å². The Morgan fingerprint density at radius 3 is 2.79 bits per heavy atom. The maximum atomic E-state index is 11.8. The number of carbonyl (C=O) groups excluding carboxylic acids is 2. The van der Waals surface area contributed by atoms with E-state index in [0.717, 1.165) is 5.56 Å². The molecular formula is C13H16ClN3O2. The predicted octanol–water partition coefficient (Wildman–Crippen LogP) is 1.16. The van der Waals surface area contributed by atoms with Gasteiger partial charge in [0, 0.05) is 17.3 Å². The Bertz CT molecular complexity index is 543. The molecule has 1 fully saturated rings. The summed E-state index contributed by atoms with van der Waals surface area (Å²) in [7, 11) is 0. The quantitative estimate of drug-likeness (QED) is 0.630. The zero-order valence-electron chi connectivity index (χ0n) is 10.9. The van der Waals surface area contributed by atoms with E-state index in [-0.39, 0.29) is 18.4 Å². The molecule has 0 saturated carbocycles. The molecule has 0 radical (unpaired) electrons. The van der Waals surface area contributed by atoms with Crippen LogP contribution in [0, 0.1) is 0 Å². The van der Waals surface area contributed by atoms with Gasteiger partial charge in [0.25, 0.3) is 0 Å². The van der Waals surface area contributed by atoms with Gasteiger partial charge in [-0.05, 0) is 37.6 Å². The summed E-state index contributed by atoms with van der Waals surface area (Å²) in [6.07, 6.45) is 0. The number of rotatable bonds is 2. The first-order chi connectivity index (χ1) is 8.80. The van der Waals surface area contributed by atoms with Gasteiger partial charge in [0.15, 0.2) is 0 Å². The maximum absolute atomic E-state index is 11.8. The fourth-order valence-electron chi connectivity index (χ4n) is 2.00. The van der Waals surface area contributed by atoms with Gasteiger partial charge in [0.1, 0.15) is 0 Å². The number of anilines is 1. The van der Waals surface area contributed by atoms with E-state index in [0.29, 0.717) is 17.3 Å². The molecule has 2 amide bonds. The molecule has 1 saturated heterocycles. The monoisotopic (exact) mass is 281 g/mol. The average Bonchev–Trinajstić information content (AvgIpc) is 2.31. The van der Waals surface area contributed by atoms with Crippen molar-refractivity contribution in [1.82, 2.24) is 10.2 Å². The van der Waals surface area contributed by atoms with E-state index >= 15 is 0 Å². The second kappa shape index (κ2) is 4.83. The summed E-state index contributed by atoms with van der Waals surface area (Å²) in [5, 5.41) is 2.91. The normalized spacial score (nSPS) is 19.3. The van der Waals surface area contributed by atoms with E-state index in [9.17, 15) is 9.59 Å². The number of hydrogen-bond acceptors (Lipinski definition) is 4. The number of hydrogen-bond donors (Lipinski definition) is 2. The Hall–Kier alpha value is -1.59. The van der Waals surface area contributed by atoms with Crippen molar-refractivity contribution in [3.05, 3.63) is 28.8 Å². The van der Waals surface area contributed by atoms with Gasteiger partial charge in [-0.2, -0.15) is 0 Å². The molecule has 19 heavy (non-hydrogen) atoms. The molecule has 3 N–H and O–H groups in total. The molecular weight excluding hydrogens is 266 g/mol. The predicted molar refractivity (Wildman–Crippen MR) is 73.5 cm³/mol. The van der Waals surface area contributed by atoms with Crippen LogP contribution in [0.15, 0.2) is 18.2 Å². The van der Waals surface area contributed by atoms with Crippen LogP contribution in [0.4, 0.5) is 5.69 Å². The molecule has 0 spiro atoms. The van der Waals surface area contributed by atoms with Gasteiger partial charge in [0.2, 0.25) is 11.8 Å². The molecule has 2 rings (SSSR count). The van der Waals surface area contributed by atoms with Crippen LogP contribution < -0.4 is 11.1 Å². The van der Waals surface area contributed by atoms with Gasteiger partial charge in [0.05, 0.1) is 12.1 Å². The number of imide groups is 1. The molecule has 1 aliphatic heterocycles. The Balaban J connectivity index is 2.28. The van der Waals surface area contributed by atoms with Gasteiger partial charge in [-0.1, -0.05) is 11.6 Å². The number of carbonyl (C=O) groups is 2. The van der Waals surface area contributed by atoms with Crippen molar-refractivity contribution in [1.29, 1.82) is 0 Å². The molecule has 0 bridgehead atoms. The number of nitrogens with one attached hydrogen (secondary N) is 1. The zero-order valence-corrected chi connectivity index (χ0v) is 11.6. The first-order valence-corrected chi connectivity index (χ1v) is 6.32. The van der Waals surface area contributed by atoms with Crippen molar-refractivity contribution >= 4 is 29.1 Å². The van der Waals surface area contributed by atoms with Gasteiger partial charge in [-0.25, -0.2) is 0 Å². The lowest BCUT2D eigenvalue weighted by atomic mass is 9.97. The molecule has 1 aromatic rings. The standard InChI is InChI=1S/C13H16ClN3O2/c1-13(2)12(19)16-11(18)7-17(13)6-8-5-9(14)3-4-10(8)15/h3-5H,6-7,15H2,1-2H3,(H,16,18,19). The Morgan fingerprint density at radius 2 is 2.11 bits per heavy atom. The van der Waals surface area contributed by atoms with E-state index in [1.165, 1.54) is 0 Å². The summed E-state index contributed by atoms with van der Waals surface area (Å²) in [4.78, 5) is 25.1. The van der Waals surface area contributed by atoms with E-state index in [4.69, 9.17) is 17.3 Å². The van der Waals surface area contributed by atoms with E-state index < -0.39 is 5.54 Å². The number of amides is 2. The lowest BCUT2D eigenvalue weighted by Crippen LogP contribution is -2.63. The molecule has 1 aromatic carbocycles. The fourth-order valence-corrected chi connectivity index (χ4v) is 2.20. The van der Waals surface area contributed by atoms with Crippen LogP contribution in [0.1, 0.15) is 19.4 Å². The van der Waals surface area contributed by atoms with E-state index in [2.05, 4.69) is 5.32 Å². The van der Waals surface area contributed by atoms with Crippen molar-refractivity contribution in [2.45, 2.75) is 25.9 Å². The fraction of sp³-hybridized carbons (Fsp3) is 0.385. The number of halogens is 1. The van der Waals surface area contributed by atoms with Crippen LogP contribution >= 0.6 is 11.6 Å². The lowest BCUT2D eigenvalue weighted by Gasteiger charge is -2.40. The van der Waals surface area contributed by atoms with Crippen LogP contribution in [0.3, 0.4) is 0 Å². The third-order valence-electron chi connectivity index (χ3n) is 3.40. The largest absolute Gasteiger partial charge is 0.398 e. The number of benzene rings is 1. The van der Waals surface area contributed by atoms with Gasteiger partial charge < -0.3 is 5.73 Å². The first kappa shape index (κ1) is 13.8. The number of piperazine rings is 1. The Morgan fingerprint density at radius 1 is 1.42 bits per heavy atom. The molecule has 0 unspecified atom stereocenters. The highest BCUT2D eigenvalue weighted by atomic mass is 35.5. The van der Waals surface area contributed by atoms with Crippen molar-refractivity contribution in [3.63, 3.8) is 0 Å². The molecule has 5 nitrogen and oxygen atoms in total.